The van der Waals surface area contributed by atoms with E-state index >= 15 is 0 Å². The first-order chi connectivity index (χ1) is 27.3. The van der Waals surface area contributed by atoms with E-state index in [2.05, 4.69) is 220 Å². The quantitative estimate of drug-likeness (QED) is 0.158. The highest BCUT2D eigenvalue weighted by atomic mass is 32.1. The Morgan fingerprint density at radius 2 is 0.945 bits per heavy atom. The summed E-state index contributed by atoms with van der Waals surface area (Å²) in [5.41, 5.74) is 16.7. The second-order valence-electron chi connectivity index (χ2n) is 14.1. The van der Waals surface area contributed by atoms with Crippen LogP contribution in [0, 0.1) is 0 Å². The van der Waals surface area contributed by atoms with Crippen molar-refractivity contribution in [2.45, 2.75) is 0 Å². The summed E-state index contributed by atoms with van der Waals surface area (Å²) >= 11 is 1.79. The molecule has 0 saturated heterocycles. The summed E-state index contributed by atoms with van der Waals surface area (Å²) in [4.78, 5) is 7.43. The third kappa shape index (κ3) is 5.05. The van der Waals surface area contributed by atoms with Gasteiger partial charge in [-0.05, 0) is 106 Å². The van der Waals surface area contributed by atoms with E-state index in [0.29, 0.717) is 0 Å². The standard InChI is InChI=1S/C50H34BN3S/c1-5-17-35(18-6-1)49-40-31-32-55-48(40)30-29-45(49)52(36-19-7-2-8-20-36)39-33-46-50-47(34-39)54(38-23-11-4-12-24-38)44-28-16-14-26-42(44)51(50)41-25-13-15-27-43(41)53(46)37-21-9-3-10-22-37/h1-34H. The average Bonchev–Trinajstić information content (AvgIpc) is 3.74. The van der Waals surface area contributed by atoms with Crippen molar-refractivity contribution in [2.75, 3.05) is 14.7 Å². The molecule has 0 atom stereocenters. The zero-order valence-electron chi connectivity index (χ0n) is 30.0. The number of hydrogen-bond acceptors (Lipinski definition) is 4. The van der Waals surface area contributed by atoms with Gasteiger partial charge in [-0.25, -0.2) is 0 Å². The molecule has 8 aromatic carbocycles. The minimum absolute atomic E-state index is 0.0542. The molecule has 0 aliphatic carbocycles. The van der Waals surface area contributed by atoms with Crippen molar-refractivity contribution in [3.05, 3.63) is 206 Å². The van der Waals surface area contributed by atoms with Gasteiger partial charge in [-0.2, -0.15) is 0 Å². The average molecular weight is 720 g/mol. The van der Waals surface area contributed by atoms with Crippen molar-refractivity contribution < 1.29 is 0 Å². The largest absolute Gasteiger partial charge is 0.311 e. The molecule has 11 rings (SSSR count). The highest BCUT2D eigenvalue weighted by Gasteiger charge is 2.43. The lowest BCUT2D eigenvalue weighted by Crippen LogP contribution is -2.61. The molecule has 5 heteroatoms. The molecule has 0 N–H and O–H groups in total. The molecule has 0 unspecified atom stereocenters. The molecular formula is C50H34BN3S. The molecule has 0 radical (unpaired) electrons. The van der Waals surface area contributed by atoms with Gasteiger partial charge in [0.25, 0.3) is 6.71 Å². The molecule has 0 bridgehead atoms. The topological polar surface area (TPSA) is 9.72 Å². The van der Waals surface area contributed by atoms with Crippen molar-refractivity contribution >= 4 is 95.7 Å². The molecule has 9 aromatic rings. The number of para-hydroxylation sites is 5. The summed E-state index contributed by atoms with van der Waals surface area (Å²) < 4.78 is 1.28. The smallest absolute Gasteiger partial charge is 0.252 e. The van der Waals surface area contributed by atoms with Crippen LogP contribution in [0.25, 0.3) is 21.2 Å². The van der Waals surface area contributed by atoms with E-state index in [0.717, 1.165) is 28.4 Å². The van der Waals surface area contributed by atoms with E-state index in [1.54, 1.807) is 11.3 Å². The number of benzene rings is 8. The molecule has 55 heavy (non-hydrogen) atoms. The predicted octanol–water partition coefficient (Wildman–Crippen LogP) is 12.1. The van der Waals surface area contributed by atoms with Crippen molar-refractivity contribution in [3.63, 3.8) is 0 Å². The van der Waals surface area contributed by atoms with Crippen LogP contribution in [0.3, 0.4) is 0 Å². The number of fused-ring (bicyclic) bond motifs is 5. The third-order valence-corrected chi connectivity index (χ3v) is 12.0. The molecule has 3 heterocycles. The fourth-order valence-corrected chi connectivity index (χ4v) is 9.65. The zero-order valence-corrected chi connectivity index (χ0v) is 30.8. The highest BCUT2D eigenvalue weighted by molar-refractivity contribution is 7.17. The Labute approximate surface area is 325 Å². The molecule has 0 amide bonds. The normalized spacial score (nSPS) is 12.6. The van der Waals surface area contributed by atoms with Gasteiger partial charge < -0.3 is 14.7 Å². The van der Waals surface area contributed by atoms with E-state index in [9.17, 15) is 0 Å². The number of nitrogens with zero attached hydrogens (tertiary/aromatic N) is 3. The minimum Gasteiger partial charge on any atom is -0.311 e. The second-order valence-corrected chi connectivity index (χ2v) is 15.1. The maximum atomic E-state index is 2.48. The molecule has 1 aromatic heterocycles. The molecule has 0 fully saturated rings. The van der Waals surface area contributed by atoms with Crippen LogP contribution in [0.2, 0.25) is 0 Å². The Balaban J connectivity index is 1.27. The van der Waals surface area contributed by atoms with Crippen molar-refractivity contribution in [1.82, 2.24) is 0 Å². The molecule has 2 aliphatic rings. The molecular weight excluding hydrogens is 685 g/mol. The van der Waals surface area contributed by atoms with Crippen LogP contribution in [0.5, 0.6) is 0 Å². The monoisotopic (exact) mass is 719 g/mol. The van der Waals surface area contributed by atoms with E-state index in [1.807, 2.05) is 0 Å². The van der Waals surface area contributed by atoms with Crippen molar-refractivity contribution in [2.24, 2.45) is 0 Å². The Morgan fingerprint density at radius 3 is 1.53 bits per heavy atom. The summed E-state index contributed by atoms with van der Waals surface area (Å²) in [5.74, 6) is 0. The lowest BCUT2D eigenvalue weighted by Gasteiger charge is -2.45. The zero-order chi connectivity index (χ0) is 36.3. The van der Waals surface area contributed by atoms with Gasteiger partial charge >= 0.3 is 0 Å². The Hall–Kier alpha value is -6.82. The SMILES string of the molecule is c1ccc(-c2c(N(c3ccccc3)c3cc4c5c(c3)N(c3ccccc3)c3ccccc3B5c3ccccc3N4c3ccccc3)ccc3sccc23)cc1. The first-order valence-electron chi connectivity index (χ1n) is 18.8. The van der Waals surface area contributed by atoms with Crippen LogP contribution in [-0.2, 0) is 0 Å². The molecule has 0 spiro atoms. The van der Waals surface area contributed by atoms with Gasteiger partial charge in [0.1, 0.15) is 0 Å². The Morgan fingerprint density at radius 1 is 0.436 bits per heavy atom. The van der Waals surface area contributed by atoms with Crippen LogP contribution in [0.15, 0.2) is 206 Å². The Bertz CT molecular complexity index is 2730. The maximum Gasteiger partial charge on any atom is 0.252 e. The van der Waals surface area contributed by atoms with Gasteiger partial charge in [0.15, 0.2) is 0 Å². The van der Waals surface area contributed by atoms with Crippen LogP contribution in [0.4, 0.5) is 51.2 Å². The van der Waals surface area contributed by atoms with Crippen LogP contribution in [0.1, 0.15) is 0 Å². The highest BCUT2D eigenvalue weighted by Crippen LogP contribution is 2.50. The Kier molecular flexibility index (Phi) is 7.46. The third-order valence-electron chi connectivity index (χ3n) is 11.1. The lowest BCUT2D eigenvalue weighted by molar-refractivity contribution is 1.23. The number of thiophene rings is 1. The van der Waals surface area contributed by atoms with Gasteiger partial charge in [0.05, 0.1) is 11.4 Å². The van der Waals surface area contributed by atoms with Gasteiger partial charge in [0.2, 0.25) is 0 Å². The lowest BCUT2D eigenvalue weighted by atomic mass is 9.33. The van der Waals surface area contributed by atoms with Crippen LogP contribution in [-0.4, -0.2) is 6.71 Å². The van der Waals surface area contributed by atoms with Gasteiger partial charge in [-0.3, -0.25) is 0 Å². The molecule has 258 valence electrons. The number of rotatable bonds is 6. The fraction of sp³-hybridized carbons (Fsp3) is 0. The maximum absolute atomic E-state index is 2.48. The summed E-state index contributed by atoms with van der Waals surface area (Å²) in [5, 5.41) is 3.47. The first-order valence-corrected chi connectivity index (χ1v) is 19.7. The fourth-order valence-electron chi connectivity index (χ4n) is 8.85. The molecule has 2 aliphatic heterocycles. The predicted molar refractivity (Wildman–Crippen MR) is 236 cm³/mol. The van der Waals surface area contributed by atoms with Crippen molar-refractivity contribution in [3.8, 4) is 11.1 Å². The summed E-state index contributed by atoms with van der Waals surface area (Å²) in [6, 6.07) is 73.1. The summed E-state index contributed by atoms with van der Waals surface area (Å²) in [6.07, 6.45) is 0. The van der Waals surface area contributed by atoms with Gasteiger partial charge in [0, 0.05) is 55.5 Å². The van der Waals surface area contributed by atoms with E-state index < -0.39 is 0 Å². The first kappa shape index (κ1) is 31.7. The number of anilines is 9. The number of hydrogen-bond donors (Lipinski definition) is 0. The van der Waals surface area contributed by atoms with E-state index in [4.69, 9.17) is 0 Å². The minimum atomic E-state index is 0.0542. The van der Waals surface area contributed by atoms with Crippen molar-refractivity contribution in [1.29, 1.82) is 0 Å². The van der Waals surface area contributed by atoms with E-state index in [-0.39, 0.29) is 6.71 Å². The van der Waals surface area contributed by atoms with Crippen LogP contribution < -0.4 is 31.1 Å². The van der Waals surface area contributed by atoms with Gasteiger partial charge in [-0.1, -0.05) is 121 Å². The summed E-state index contributed by atoms with van der Waals surface area (Å²) in [7, 11) is 0. The molecule has 0 saturated carbocycles. The van der Waals surface area contributed by atoms with Gasteiger partial charge in [-0.15, -0.1) is 11.3 Å². The van der Waals surface area contributed by atoms with E-state index in [1.165, 1.54) is 60.4 Å². The summed E-state index contributed by atoms with van der Waals surface area (Å²) in [6.45, 7) is 0.0542. The van der Waals surface area contributed by atoms with Crippen LogP contribution >= 0.6 is 11.3 Å². The second kappa shape index (κ2) is 12.9. The molecule has 3 nitrogen and oxygen atoms in total.